The van der Waals surface area contributed by atoms with Crippen molar-refractivity contribution < 1.29 is 4.79 Å². The maximum absolute atomic E-state index is 12.1. The average Bonchev–Trinajstić information content (AvgIpc) is 2.89. The Balaban J connectivity index is 1.81. The molecule has 0 saturated carbocycles. The summed E-state index contributed by atoms with van der Waals surface area (Å²) in [6.07, 6.45) is 6.93. The van der Waals surface area contributed by atoms with Gasteiger partial charge in [-0.25, -0.2) is 0 Å². The molecule has 2 saturated heterocycles. The van der Waals surface area contributed by atoms with E-state index in [4.69, 9.17) is 5.73 Å². The zero-order valence-electron chi connectivity index (χ0n) is 11.6. The Bertz CT molecular complexity index is 276. The number of nitrogens with zero attached hydrogens (tertiary/aromatic N) is 2. The van der Waals surface area contributed by atoms with Gasteiger partial charge in [-0.1, -0.05) is 19.8 Å². The number of carbonyl (C=O) groups excluding carboxylic acids is 1. The van der Waals surface area contributed by atoms with E-state index < -0.39 is 0 Å². The topological polar surface area (TPSA) is 49.6 Å². The van der Waals surface area contributed by atoms with Gasteiger partial charge in [0.2, 0.25) is 5.91 Å². The van der Waals surface area contributed by atoms with E-state index in [-0.39, 0.29) is 11.9 Å². The summed E-state index contributed by atoms with van der Waals surface area (Å²) in [4.78, 5) is 16.7. The number of rotatable bonds is 4. The van der Waals surface area contributed by atoms with E-state index in [2.05, 4.69) is 11.8 Å². The van der Waals surface area contributed by atoms with E-state index in [1.54, 1.807) is 0 Å². The van der Waals surface area contributed by atoms with Crippen LogP contribution in [0.25, 0.3) is 0 Å². The van der Waals surface area contributed by atoms with Gasteiger partial charge in [-0.05, 0) is 38.8 Å². The van der Waals surface area contributed by atoms with Crippen molar-refractivity contribution in [2.24, 2.45) is 5.73 Å². The Hall–Kier alpha value is -0.610. The predicted molar refractivity (Wildman–Crippen MR) is 73.3 cm³/mol. The van der Waals surface area contributed by atoms with Crippen LogP contribution in [0.2, 0.25) is 0 Å². The third kappa shape index (κ3) is 3.23. The fourth-order valence-electron chi connectivity index (χ4n) is 3.19. The molecule has 0 aromatic heterocycles. The van der Waals surface area contributed by atoms with E-state index in [0.717, 1.165) is 32.4 Å². The monoisotopic (exact) mass is 253 g/mol. The minimum atomic E-state index is -0.282. The lowest BCUT2D eigenvalue weighted by molar-refractivity contribution is -0.131. The van der Waals surface area contributed by atoms with Gasteiger partial charge in [-0.2, -0.15) is 0 Å². The van der Waals surface area contributed by atoms with E-state index in [9.17, 15) is 4.79 Å². The summed E-state index contributed by atoms with van der Waals surface area (Å²) in [5.41, 5.74) is 5.93. The SMILES string of the molecule is CCCC(N)C(=O)N1CCC(N2CCCCC2)C1. The fourth-order valence-corrected chi connectivity index (χ4v) is 3.19. The first-order valence-corrected chi connectivity index (χ1v) is 7.50. The van der Waals surface area contributed by atoms with Crippen molar-refractivity contribution in [2.45, 2.75) is 57.5 Å². The number of carbonyl (C=O) groups is 1. The van der Waals surface area contributed by atoms with Gasteiger partial charge in [0.05, 0.1) is 6.04 Å². The Morgan fingerprint density at radius 3 is 2.67 bits per heavy atom. The molecule has 2 N–H and O–H groups in total. The molecule has 0 spiro atoms. The lowest BCUT2D eigenvalue weighted by Gasteiger charge is -2.32. The van der Waals surface area contributed by atoms with Crippen molar-refractivity contribution in [2.75, 3.05) is 26.2 Å². The summed E-state index contributed by atoms with van der Waals surface area (Å²) < 4.78 is 0. The second-order valence-corrected chi connectivity index (χ2v) is 5.72. The standard InChI is InChI=1S/C14H27N3O/c1-2-6-13(15)14(18)17-10-7-12(11-17)16-8-4-3-5-9-16/h12-13H,2-11,15H2,1H3. The second kappa shape index (κ2) is 6.53. The molecule has 2 aliphatic rings. The highest BCUT2D eigenvalue weighted by atomic mass is 16.2. The van der Waals surface area contributed by atoms with Gasteiger partial charge in [-0.15, -0.1) is 0 Å². The molecule has 2 fully saturated rings. The Labute approximate surface area is 110 Å². The fraction of sp³-hybridized carbons (Fsp3) is 0.929. The van der Waals surface area contributed by atoms with Crippen LogP contribution >= 0.6 is 0 Å². The first-order valence-electron chi connectivity index (χ1n) is 7.50. The van der Waals surface area contributed by atoms with Crippen molar-refractivity contribution in [3.05, 3.63) is 0 Å². The van der Waals surface area contributed by atoms with Crippen LogP contribution in [0.15, 0.2) is 0 Å². The molecule has 2 unspecified atom stereocenters. The van der Waals surface area contributed by atoms with Crippen molar-refractivity contribution in [1.29, 1.82) is 0 Å². The minimum absolute atomic E-state index is 0.163. The lowest BCUT2D eigenvalue weighted by atomic mass is 10.1. The lowest BCUT2D eigenvalue weighted by Crippen LogP contribution is -2.45. The van der Waals surface area contributed by atoms with Crippen LogP contribution < -0.4 is 5.73 Å². The van der Waals surface area contributed by atoms with Crippen molar-refractivity contribution in [3.8, 4) is 0 Å². The predicted octanol–water partition coefficient (Wildman–Crippen LogP) is 1.20. The van der Waals surface area contributed by atoms with Crippen LogP contribution in [0.4, 0.5) is 0 Å². The highest BCUT2D eigenvalue weighted by Gasteiger charge is 2.32. The number of likely N-dealkylation sites (tertiary alicyclic amines) is 2. The van der Waals surface area contributed by atoms with Crippen LogP contribution in [0.1, 0.15) is 45.4 Å². The van der Waals surface area contributed by atoms with Gasteiger partial charge >= 0.3 is 0 Å². The molecule has 2 aliphatic heterocycles. The molecule has 18 heavy (non-hydrogen) atoms. The highest BCUT2D eigenvalue weighted by molar-refractivity contribution is 5.81. The first kappa shape index (κ1) is 13.8. The molecule has 0 aliphatic carbocycles. The van der Waals surface area contributed by atoms with Crippen LogP contribution in [0.5, 0.6) is 0 Å². The third-order valence-corrected chi connectivity index (χ3v) is 4.30. The van der Waals surface area contributed by atoms with Gasteiger partial charge in [0.15, 0.2) is 0 Å². The van der Waals surface area contributed by atoms with Crippen LogP contribution in [-0.4, -0.2) is 54.0 Å². The van der Waals surface area contributed by atoms with E-state index in [1.807, 2.05) is 4.90 Å². The third-order valence-electron chi connectivity index (χ3n) is 4.30. The smallest absolute Gasteiger partial charge is 0.239 e. The van der Waals surface area contributed by atoms with E-state index in [0.29, 0.717) is 6.04 Å². The Kier molecular flexibility index (Phi) is 5.01. The van der Waals surface area contributed by atoms with Crippen LogP contribution in [0, 0.1) is 0 Å². The molecular weight excluding hydrogens is 226 g/mol. The number of nitrogens with two attached hydrogens (primary N) is 1. The summed E-state index contributed by atoms with van der Waals surface area (Å²) in [6, 6.07) is 0.304. The number of piperidine rings is 1. The number of hydrogen-bond donors (Lipinski definition) is 1. The average molecular weight is 253 g/mol. The first-order chi connectivity index (χ1) is 8.72. The molecule has 0 bridgehead atoms. The molecule has 1 amide bonds. The summed E-state index contributed by atoms with van der Waals surface area (Å²) in [6.45, 7) is 6.31. The van der Waals surface area contributed by atoms with Gasteiger partial charge in [0, 0.05) is 19.1 Å². The maximum atomic E-state index is 12.1. The molecule has 2 atom stereocenters. The van der Waals surface area contributed by atoms with Gasteiger partial charge in [0.25, 0.3) is 0 Å². The molecule has 4 heteroatoms. The summed E-state index contributed by atoms with van der Waals surface area (Å²) in [7, 11) is 0. The van der Waals surface area contributed by atoms with Crippen molar-refractivity contribution >= 4 is 5.91 Å². The highest BCUT2D eigenvalue weighted by Crippen LogP contribution is 2.20. The molecule has 2 heterocycles. The molecule has 0 aromatic rings. The van der Waals surface area contributed by atoms with Gasteiger partial charge < -0.3 is 10.6 Å². The zero-order valence-corrected chi connectivity index (χ0v) is 11.6. The molecule has 4 nitrogen and oxygen atoms in total. The van der Waals surface area contributed by atoms with E-state index in [1.165, 1.54) is 32.4 Å². The summed E-state index contributed by atoms with van der Waals surface area (Å²) in [5, 5.41) is 0. The number of hydrogen-bond acceptors (Lipinski definition) is 3. The molecule has 2 rings (SSSR count). The zero-order chi connectivity index (χ0) is 13.0. The molecule has 104 valence electrons. The van der Waals surface area contributed by atoms with Gasteiger partial charge in [0.1, 0.15) is 0 Å². The van der Waals surface area contributed by atoms with E-state index >= 15 is 0 Å². The van der Waals surface area contributed by atoms with Crippen LogP contribution in [-0.2, 0) is 4.79 Å². The van der Waals surface area contributed by atoms with Crippen molar-refractivity contribution in [3.63, 3.8) is 0 Å². The minimum Gasteiger partial charge on any atom is -0.340 e. The van der Waals surface area contributed by atoms with Gasteiger partial charge in [-0.3, -0.25) is 9.69 Å². The normalized spacial score (nSPS) is 27.4. The molecular formula is C14H27N3O. The second-order valence-electron chi connectivity index (χ2n) is 5.72. The van der Waals surface area contributed by atoms with Crippen LogP contribution in [0.3, 0.4) is 0 Å². The van der Waals surface area contributed by atoms with Crippen molar-refractivity contribution in [1.82, 2.24) is 9.80 Å². The Morgan fingerprint density at radius 2 is 2.00 bits per heavy atom. The molecule has 0 radical (unpaired) electrons. The maximum Gasteiger partial charge on any atom is 0.239 e. The quantitative estimate of drug-likeness (QED) is 0.819. The Morgan fingerprint density at radius 1 is 1.28 bits per heavy atom. The molecule has 0 aromatic carbocycles. The summed E-state index contributed by atoms with van der Waals surface area (Å²) >= 11 is 0. The number of amides is 1. The summed E-state index contributed by atoms with van der Waals surface area (Å²) in [5.74, 6) is 0.163. The largest absolute Gasteiger partial charge is 0.340 e.